The molecule has 1 saturated heterocycles. The van der Waals surface area contributed by atoms with E-state index < -0.39 is 5.82 Å². The van der Waals surface area contributed by atoms with Crippen LogP contribution in [-0.4, -0.2) is 32.1 Å². The molecule has 17 heavy (non-hydrogen) atoms. The summed E-state index contributed by atoms with van der Waals surface area (Å²) >= 11 is 0. The molecule has 1 aromatic carbocycles. The Morgan fingerprint density at radius 3 is 3.00 bits per heavy atom. The fourth-order valence-corrected chi connectivity index (χ4v) is 1.85. The molecule has 0 bridgehead atoms. The maximum absolute atomic E-state index is 13.4. The van der Waals surface area contributed by atoms with Gasteiger partial charge in [0.25, 0.3) is 5.91 Å². The summed E-state index contributed by atoms with van der Waals surface area (Å²) in [6.07, 6.45) is 0.907. The second-order valence-corrected chi connectivity index (χ2v) is 4.01. The number of nitrogens with one attached hydrogen (secondary N) is 2. The molecule has 2 N–H and O–H groups in total. The van der Waals surface area contributed by atoms with E-state index in [1.807, 2.05) is 0 Å². The third-order valence-electron chi connectivity index (χ3n) is 2.81. The van der Waals surface area contributed by atoms with Crippen LogP contribution in [0.25, 0.3) is 0 Å². The van der Waals surface area contributed by atoms with Gasteiger partial charge in [-0.25, -0.2) is 4.39 Å². The van der Waals surface area contributed by atoms with Crippen LogP contribution in [0.15, 0.2) is 18.2 Å². The van der Waals surface area contributed by atoms with Crippen molar-refractivity contribution in [2.24, 2.45) is 0 Å². The molecule has 0 aromatic heterocycles. The van der Waals surface area contributed by atoms with Crippen LogP contribution >= 0.6 is 0 Å². The first-order valence-electron chi connectivity index (χ1n) is 5.56. The molecule has 5 heteroatoms. The van der Waals surface area contributed by atoms with Crippen molar-refractivity contribution in [3.8, 4) is 5.75 Å². The zero-order valence-corrected chi connectivity index (χ0v) is 9.63. The molecule has 0 spiro atoms. The van der Waals surface area contributed by atoms with E-state index in [1.165, 1.54) is 19.2 Å². The van der Waals surface area contributed by atoms with Gasteiger partial charge in [0, 0.05) is 18.2 Å². The molecule has 0 radical (unpaired) electrons. The standard InChI is InChI=1S/C12H15FN2O2/c1-17-11-3-2-8(6-10(11)13)12(16)15-9-4-5-14-7-9/h2-3,6,9,14H,4-5,7H2,1H3,(H,15,16)/t9-/m1/s1. The van der Waals surface area contributed by atoms with Crippen LogP contribution < -0.4 is 15.4 Å². The first-order valence-corrected chi connectivity index (χ1v) is 5.56. The van der Waals surface area contributed by atoms with Gasteiger partial charge in [0.2, 0.25) is 0 Å². The summed E-state index contributed by atoms with van der Waals surface area (Å²) in [6, 6.07) is 4.33. The molecule has 92 valence electrons. The molecular formula is C12H15FN2O2. The van der Waals surface area contributed by atoms with Crippen LogP contribution in [-0.2, 0) is 0 Å². The summed E-state index contributed by atoms with van der Waals surface area (Å²) in [6.45, 7) is 1.67. The average molecular weight is 238 g/mol. The Kier molecular flexibility index (Phi) is 3.58. The normalized spacial score (nSPS) is 19.1. The number of carbonyl (C=O) groups is 1. The second-order valence-electron chi connectivity index (χ2n) is 4.01. The first-order chi connectivity index (χ1) is 8.20. The minimum atomic E-state index is -0.523. The van der Waals surface area contributed by atoms with E-state index in [1.54, 1.807) is 6.07 Å². The summed E-state index contributed by atoms with van der Waals surface area (Å²) in [5.74, 6) is -0.631. The molecule has 1 aliphatic heterocycles. The first kappa shape index (κ1) is 11.9. The van der Waals surface area contributed by atoms with Gasteiger partial charge in [0.05, 0.1) is 7.11 Å². The lowest BCUT2D eigenvalue weighted by Gasteiger charge is -2.11. The molecular weight excluding hydrogens is 223 g/mol. The summed E-state index contributed by atoms with van der Waals surface area (Å²) < 4.78 is 18.2. The smallest absolute Gasteiger partial charge is 0.251 e. The predicted octanol–water partition coefficient (Wildman–Crippen LogP) is 0.926. The van der Waals surface area contributed by atoms with Gasteiger partial charge in [-0.1, -0.05) is 0 Å². The highest BCUT2D eigenvalue weighted by Crippen LogP contribution is 2.17. The molecule has 1 atom stereocenters. The van der Waals surface area contributed by atoms with Crippen molar-refractivity contribution in [1.29, 1.82) is 0 Å². The SMILES string of the molecule is COc1ccc(C(=O)N[C@@H]2CCNC2)cc1F. The number of halogens is 1. The molecule has 1 heterocycles. The zero-order chi connectivity index (χ0) is 12.3. The van der Waals surface area contributed by atoms with Crippen molar-refractivity contribution in [3.63, 3.8) is 0 Å². The number of hydrogen-bond donors (Lipinski definition) is 2. The van der Waals surface area contributed by atoms with E-state index in [-0.39, 0.29) is 17.7 Å². The number of carbonyl (C=O) groups excluding carboxylic acids is 1. The van der Waals surface area contributed by atoms with Crippen LogP contribution in [0.3, 0.4) is 0 Å². The molecule has 1 aromatic rings. The minimum absolute atomic E-state index is 0.132. The number of rotatable bonds is 3. The van der Waals surface area contributed by atoms with Gasteiger partial charge in [-0.3, -0.25) is 4.79 Å². The van der Waals surface area contributed by atoms with E-state index in [0.717, 1.165) is 19.5 Å². The van der Waals surface area contributed by atoms with Crippen LogP contribution in [0.1, 0.15) is 16.8 Å². The van der Waals surface area contributed by atoms with E-state index in [9.17, 15) is 9.18 Å². The highest BCUT2D eigenvalue weighted by atomic mass is 19.1. The lowest BCUT2D eigenvalue weighted by Crippen LogP contribution is -2.36. The number of benzene rings is 1. The van der Waals surface area contributed by atoms with Gasteiger partial charge in [-0.15, -0.1) is 0 Å². The second kappa shape index (κ2) is 5.14. The molecule has 0 saturated carbocycles. The average Bonchev–Trinajstić information content (AvgIpc) is 2.81. The third kappa shape index (κ3) is 2.74. The Balaban J connectivity index is 2.05. The molecule has 0 unspecified atom stereocenters. The number of methoxy groups -OCH3 is 1. The lowest BCUT2D eigenvalue weighted by atomic mass is 10.1. The van der Waals surface area contributed by atoms with E-state index in [4.69, 9.17) is 4.74 Å². The van der Waals surface area contributed by atoms with Crippen molar-refractivity contribution in [2.45, 2.75) is 12.5 Å². The fraction of sp³-hybridized carbons (Fsp3) is 0.417. The molecule has 1 amide bonds. The maximum atomic E-state index is 13.4. The highest BCUT2D eigenvalue weighted by molar-refractivity contribution is 5.94. The van der Waals surface area contributed by atoms with Crippen LogP contribution in [0.4, 0.5) is 4.39 Å². The highest BCUT2D eigenvalue weighted by Gasteiger charge is 2.18. The lowest BCUT2D eigenvalue weighted by molar-refractivity contribution is 0.0939. The van der Waals surface area contributed by atoms with Crippen molar-refractivity contribution in [1.82, 2.24) is 10.6 Å². The molecule has 2 rings (SSSR count). The molecule has 1 aliphatic rings. The van der Waals surface area contributed by atoms with Gasteiger partial charge in [0.15, 0.2) is 11.6 Å². The van der Waals surface area contributed by atoms with Gasteiger partial charge in [-0.05, 0) is 31.2 Å². The number of ether oxygens (including phenoxy) is 1. The fourth-order valence-electron chi connectivity index (χ4n) is 1.85. The van der Waals surface area contributed by atoms with Gasteiger partial charge < -0.3 is 15.4 Å². The molecule has 0 aliphatic carbocycles. The summed E-state index contributed by atoms with van der Waals surface area (Å²) in [5, 5.41) is 6.00. The molecule has 4 nitrogen and oxygen atoms in total. The summed E-state index contributed by atoms with van der Waals surface area (Å²) in [7, 11) is 1.39. The van der Waals surface area contributed by atoms with Crippen molar-refractivity contribution in [3.05, 3.63) is 29.6 Å². The molecule has 1 fully saturated rings. The van der Waals surface area contributed by atoms with E-state index in [2.05, 4.69) is 10.6 Å². The largest absolute Gasteiger partial charge is 0.494 e. The Morgan fingerprint density at radius 2 is 2.41 bits per heavy atom. The summed E-state index contributed by atoms with van der Waals surface area (Å²) in [5.41, 5.74) is 0.315. The van der Waals surface area contributed by atoms with Crippen LogP contribution in [0.2, 0.25) is 0 Å². The quantitative estimate of drug-likeness (QED) is 0.823. The van der Waals surface area contributed by atoms with Crippen LogP contribution in [0.5, 0.6) is 5.75 Å². The van der Waals surface area contributed by atoms with Gasteiger partial charge in [-0.2, -0.15) is 0 Å². The maximum Gasteiger partial charge on any atom is 0.251 e. The zero-order valence-electron chi connectivity index (χ0n) is 9.63. The van der Waals surface area contributed by atoms with Crippen molar-refractivity contribution < 1.29 is 13.9 Å². The van der Waals surface area contributed by atoms with E-state index in [0.29, 0.717) is 5.56 Å². The monoisotopic (exact) mass is 238 g/mol. The van der Waals surface area contributed by atoms with Gasteiger partial charge >= 0.3 is 0 Å². The Bertz CT molecular complexity index is 417. The van der Waals surface area contributed by atoms with Gasteiger partial charge in [0.1, 0.15) is 0 Å². The van der Waals surface area contributed by atoms with E-state index >= 15 is 0 Å². The Hall–Kier alpha value is -1.62. The minimum Gasteiger partial charge on any atom is -0.494 e. The van der Waals surface area contributed by atoms with Crippen molar-refractivity contribution in [2.75, 3.05) is 20.2 Å². The summed E-state index contributed by atoms with van der Waals surface area (Å²) in [4.78, 5) is 11.8. The third-order valence-corrected chi connectivity index (χ3v) is 2.81. The van der Waals surface area contributed by atoms with Crippen molar-refractivity contribution >= 4 is 5.91 Å². The Morgan fingerprint density at radius 1 is 1.59 bits per heavy atom. The number of amides is 1. The predicted molar refractivity (Wildman–Crippen MR) is 61.7 cm³/mol. The number of hydrogen-bond acceptors (Lipinski definition) is 3. The van der Waals surface area contributed by atoms with Crippen LogP contribution in [0, 0.1) is 5.82 Å². The Labute approximate surface area is 99.2 Å². The topological polar surface area (TPSA) is 50.4 Å².